The SMILES string of the molecule is CCCCNC(=O)/C(C#N)=C/c1ccc(OC(=O)COc2ccc(Br)c(C)c2)cc1. The molecule has 2 aromatic rings. The van der Waals surface area contributed by atoms with Crippen LogP contribution < -0.4 is 14.8 Å². The molecule has 0 spiro atoms. The first-order chi connectivity index (χ1) is 14.4. The van der Waals surface area contributed by atoms with Crippen LogP contribution in [0.5, 0.6) is 11.5 Å². The molecule has 0 bridgehead atoms. The summed E-state index contributed by atoms with van der Waals surface area (Å²) in [5.74, 6) is -0.0123. The number of hydrogen-bond acceptors (Lipinski definition) is 5. The van der Waals surface area contributed by atoms with Gasteiger partial charge in [-0.05, 0) is 60.9 Å². The van der Waals surface area contributed by atoms with Gasteiger partial charge in [0.2, 0.25) is 0 Å². The van der Waals surface area contributed by atoms with Gasteiger partial charge < -0.3 is 14.8 Å². The van der Waals surface area contributed by atoms with E-state index in [0.717, 1.165) is 22.9 Å². The van der Waals surface area contributed by atoms with Crippen LogP contribution in [-0.4, -0.2) is 25.0 Å². The van der Waals surface area contributed by atoms with Crippen molar-refractivity contribution in [2.45, 2.75) is 26.7 Å². The molecule has 0 unspecified atom stereocenters. The number of carbonyl (C=O) groups is 2. The van der Waals surface area contributed by atoms with Crippen molar-refractivity contribution in [2.75, 3.05) is 13.2 Å². The van der Waals surface area contributed by atoms with Gasteiger partial charge in [0.1, 0.15) is 23.1 Å². The van der Waals surface area contributed by atoms with Crippen LogP contribution in [-0.2, 0) is 9.59 Å². The molecular weight excluding hydrogens is 448 g/mol. The maximum Gasteiger partial charge on any atom is 0.349 e. The van der Waals surface area contributed by atoms with Crippen molar-refractivity contribution < 1.29 is 19.1 Å². The third-order valence-corrected chi connectivity index (χ3v) is 4.98. The Morgan fingerprint density at radius 3 is 2.50 bits per heavy atom. The molecule has 0 aromatic heterocycles. The molecule has 1 amide bonds. The third kappa shape index (κ3) is 7.37. The van der Waals surface area contributed by atoms with Crippen LogP contribution in [0.25, 0.3) is 6.08 Å². The largest absolute Gasteiger partial charge is 0.482 e. The molecule has 0 aliphatic rings. The number of amides is 1. The molecule has 0 radical (unpaired) electrons. The molecule has 0 heterocycles. The lowest BCUT2D eigenvalue weighted by Crippen LogP contribution is -2.25. The minimum absolute atomic E-state index is 0.0223. The molecule has 0 saturated heterocycles. The van der Waals surface area contributed by atoms with Gasteiger partial charge in [-0.2, -0.15) is 5.26 Å². The van der Waals surface area contributed by atoms with E-state index >= 15 is 0 Å². The molecule has 7 heteroatoms. The monoisotopic (exact) mass is 470 g/mol. The number of aryl methyl sites for hydroxylation is 1. The van der Waals surface area contributed by atoms with Crippen molar-refractivity contribution >= 4 is 33.9 Å². The number of halogens is 1. The normalized spacial score (nSPS) is 10.8. The summed E-state index contributed by atoms with van der Waals surface area (Å²) in [4.78, 5) is 24.0. The summed E-state index contributed by atoms with van der Waals surface area (Å²) in [7, 11) is 0. The van der Waals surface area contributed by atoms with E-state index in [0.29, 0.717) is 23.6 Å². The number of nitriles is 1. The molecule has 156 valence electrons. The zero-order valence-corrected chi connectivity index (χ0v) is 18.5. The Morgan fingerprint density at radius 2 is 1.87 bits per heavy atom. The van der Waals surface area contributed by atoms with E-state index in [4.69, 9.17) is 9.47 Å². The molecule has 2 aromatic carbocycles. The van der Waals surface area contributed by atoms with Gasteiger partial charge in [0.05, 0.1) is 0 Å². The van der Waals surface area contributed by atoms with Crippen molar-refractivity contribution in [1.82, 2.24) is 5.32 Å². The molecule has 2 rings (SSSR count). The number of unbranched alkanes of at least 4 members (excludes halogenated alkanes) is 1. The van der Waals surface area contributed by atoms with E-state index < -0.39 is 11.9 Å². The fourth-order valence-corrected chi connectivity index (χ4v) is 2.68. The molecule has 0 aliphatic heterocycles. The van der Waals surface area contributed by atoms with Gasteiger partial charge in [0.15, 0.2) is 6.61 Å². The fourth-order valence-electron chi connectivity index (χ4n) is 2.43. The number of nitrogens with one attached hydrogen (secondary N) is 1. The predicted octanol–water partition coefficient (Wildman–Crippen LogP) is 4.57. The van der Waals surface area contributed by atoms with Crippen molar-refractivity contribution in [3.05, 3.63) is 63.6 Å². The summed E-state index contributed by atoms with van der Waals surface area (Å²) in [6.07, 6.45) is 3.31. The smallest absolute Gasteiger partial charge is 0.349 e. The highest BCUT2D eigenvalue weighted by Crippen LogP contribution is 2.21. The van der Waals surface area contributed by atoms with Crippen LogP contribution in [0.3, 0.4) is 0 Å². The Balaban J connectivity index is 1.91. The zero-order chi connectivity index (χ0) is 21.9. The van der Waals surface area contributed by atoms with E-state index in [1.54, 1.807) is 30.3 Å². The lowest BCUT2D eigenvalue weighted by molar-refractivity contribution is -0.136. The number of ether oxygens (including phenoxy) is 2. The number of carbonyl (C=O) groups excluding carboxylic acids is 2. The van der Waals surface area contributed by atoms with E-state index in [9.17, 15) is 14.9 Å². The number of rotatable bonds is 9. The standard InChI is InChI=1S/C23H23BrN2O4/c1-3-4-11-26-23(28)18(14-25)13-17-5-7-19(8-6-17)30-22(27)15-29-20-9-10-21(24)16(2)12-20/h5-10,12-13H,3-4,11,15H2,1-2H3,(H,26,28)/b18-13+. The summed E-state index contributed by atoms with van der Waals surface area (Å²) in [6, 6.07) is 13.9. The van der Waals surface area contributed by atoms with Gasteiger partial charge in [0, 0.05) is 11.0 Å². The number of nitrogens with zero attached hydrogens (tertiary/aromatic N) is 1. The van der Waals surface area contributed by atoms with E-state index in [1.807, 2.05) is 32.0 Å². The average Bonchev–Trinajstić information content (AvgIpc) is 2.74. The Bertz CT molecular complexity index is 962. The Morgan fingerprint density at radius 1 is 1.17 bits per heavy atom. The molecule has 6 nitrogen and oxygen atoms in total. The van der Waals surface area contributed by atoms with Crippen LogP contribution in [0.2, 0.25) is 0 Å². The lowest BCUT2D eigenvalue weighted by atomic mass is 10.1. The van der Waals surface area contributed by atoms with Crippen LogP contribution in [0.4, 0.5) is 0 Å². The second kappa shape index (κ2) is 11.8. The van der Waals surface area contributed by atoms with Crippen LogP contribution in [0.15, 0.2) is 52.5 Å². The third-order valence-electron chi connectivity index (χ3n) is 4.09. The summed E-state index contributed by atoms with van der Waals surface area (Å²) < 4.78 is 11.7. The van der Waals surface area contributed by atoms with Gasteiger partial charge in [-0.25, -0.2) is 4.79 Å². The summed E-state index contributed by atoms with van der Waals surface area (Å²) in [6.45, 7) is 4.26. The van der Waals surface area contributed by atoms with E-state index in [1.165, 1.54) is 6.08 Å². The molecular formula is C23H23BrN2O4. The first-order valence-electron chi connectivity index (χ1n) is 9.52. The van der Waals surface area contributed by atoms with Crippen LogP contribution in [0, 0.1) is 18.3 Å². The summed E-state index contributed by atoms with van der Waals surface area (Å²) >= 11 is 3.41. The van der Waals surface area contributed by atoms with Crippen molar-refractivity contribution in [3.8, 4) is 17.6 Å². The molecule has 0 aliphatic carbocycles. The number of esters is 1. The first kappa shape index (κ1) is 23.2. The Hall–Kier alpha value is -3.11. The highest BCUT2D eigenvalue weighted by atomic mass is 79.9. The second-order valence-electron chi connectivity index (χ2n) is 6.52. The highest BCUT2D eigenvalue weighted by molar-refractivity contribution is 9.10. The van der Waals surface area contributed by atoms with Gasteiger partial charge in [-0.3, -0.25) is 4.79 Å². The minimum Gasteiger partial charge on any atom is -0.482 e. The molecule has 0 saturated carbocycles. The highest BCUT2D eigenvalue weighted by Gasteiger charge is 2.09. The lowest BCUT2D eigenvalue weighted by Gasteiger charge is -2.08. The van der Waals surface area contributed by atoms with Gasteiger partial charge in [0.25, 0.3) is 5.91 Å². The fraction of sp³-hybridized carbons (Fsp3) is 0.261. The molecule has 1 N–H and O–H groups in total. The maximum atomic E-state index is 12.0. The van der Waals surface area contributed by atoms with Crippen molar-refractivity contribution in [3.63, 3.8) is 0 Å². The van der Waals surface area contributed by atoms with E-state index in [2.05, 4.69) is 21.2 Å². The summed E-state index contributed by atoms with van der Waals surface area (Å²) in [5.41, 5.74) is 1.67. The number of hydrogen-bond donors (Lipinski definition) is 1. The minimum atomic E-state index is -0.535. The second-order valence-corrected chi connectivity index (χ2v) is 7.38. The van der Waals surface area contributed by atoms with Crippen molar-refractivity contribution in [2.24, 2.45) is 0 Å². The van der Waals surface area contributed by atoms with Gasteiger partial charge in [-0.1, -0.05) is 41.4 Å². The predicted molar refractivity (Wildman–Crippen MR) is 118 cm³/mol. The van der Waals surface area contributed by atoms with Crippen LogP contribution in [0.1, 0.15) is 30.9 Å². The van der Waals surface area contributed by atoms with Gasteiger partial charge in [-0.15, -0.1) is 0 Å². The van der Waals surface area contributed by atoms with Crippen molar-refractivity contribution in [1.29, 1.82) is 5.26 Å². The molecule has 0 atom stereocenters. The molecule has 0 fully saturated rings. The zero-order valence-electron chi connectivity index (χ0n) is 16.9. The maximum absolute atomic E-state index is 12.0. The number of benzene rings is 2. The van der Waals surface area contributed by atoms with Gasteiger partial charge >= 0.3 is 5.97 Å². The Kier molecular flexibility index (Phi) is 9.10. The van der Waals surface area contributed by atoms with Crippen LogP contribution >= 0.6 is 15.9 Å². The Labute approximate surface area is 184 Å². The topological polar surface area (TPSA) is 88.4 Å². The average molecular weight is 471 g/mol. The quantitative estimate of drug-likeness (QED) is 0.190. The summed E-state index contributed by atoms with van der Waals surface area (Å²) in [5, 5.41) is 11.9. The molecule has 30 heavy (non-hydrogen) atoms. The van der Waals surface area contributed by atoms with E-state index in [-0.39, 0.29) is 12.2 Å². The first-order valence-corrected chi connectivity index (χ1v) is 10.3.